The second-order valence-electron chi connectivity index (χ2n) is 6.90. The minimum atomic E-state index is -3.57. The zero-order valence-electron chi connectivity index (χ0n) is 17.2. The van der Waals surface area contributed by atoms with Crippen LogP contribution in [0.3, 0.4) is 0 Å². The molecule has 0 N–H and O–H groups in total. The van der Waals surface area contributed by atoms with E-state index in [2.05, 4.69) is 4.99 Å². The van der Waals surface area contributed by atoms with Gasteiger partial charge in [-0.3, -0.25) is 9.59 Å². The average molecular weight is 465 g/mol. The highest BCUT2D eigenvalue weighted by Gasteiger charge is 2.21. The van der Waals surface area contributed by atoms with Crippen molar-refractivity contribution in [1.82, 2.24) is 4.57 Å². The number of aromatic nitrogens is 1. The monoisotopic (exact) mass is 464 g/mol. The van der Waals surface area contributed by atoms with E-state index in [9.17, 15) is 22.4 Å². The van der Waals surface area contributed by atoms with Crippen LogP contribution in [0.2, 0.25) is 0 Å². The molecule has 1 heterocycles. The van der Waals surface area contributed by atoms with Crippen molar-refractivity contribution in [3.63, 3.8) is 0 Å². The highest BCUT2D eigenvalue weighted by Crippen LogP contribution is 2.21. The fourth-order valence-electron chi connectivity index (χ4n) is 2.88. The van der Waals surface area contributed by atoms with Gasteiger partial charge in [0.15, 0.2) is 14.6 Å². The van der Waals surface area contributed by atoms with Crippen LogP contribution < -0.4 is 4.80 Å². The van der Waals surface area contributed by atoms with Crippen LogP contribution >= 0.6 is 11.3 Å². The van der Waals surface area contributed by atoms with Gasteiger partial charge in [-0.15, -0.1) is 0 Å². The number of ether oxygens (including phenoxy) is 1. The van der Waals surface area contributed by atoms with Gasteiger partial charge < -0.3 is 9.30 Å². The van der Waals surface area contributed by atoms with Crippen molar-refractivity contribution >= 4 is 43.3 Å². The Hall–Kier alpha value is -2.85. The first kappa shape index (κ1) is 22.8. The number of benzene rings is 2. The first-order valence-corrected chi connectivity index (χ1v) is 11.9. The number of carbonyl (C=O) groups excluding carboxylic acids is 2. The first-order valence-electron chi connectivity index (χ1n) is 9.51. The lowest BCUT2D eigenvalue weighted by Gasteiger charge is -2.08. The largest absolute Gasteiger partial charge is 0.465 e. The number of halogens is 1. The Morgan fingerprint density at radius 3 is 2.58 bits per heavy atom. The summed E-state index contributed by atoms with van der Waals surface area (Å²) in [7, 11) is -3.57. The number of carbonyl (C=O) groups is 2. The van der Waals surface area contributed by atoms with Crippen molar-refractivity contribution in [1.29, 1.82) is 0 Å². The number of nitrogens with zero attached hydrogens (tertiary/aromatic N) is 2. The molecule has 0 spiro atoms. The van der Waals surface area contributed by atoms with Crippen molar-refractivity contribution in [3.8, 4) is 0 Å². The molecule has 0 aliphatic carbocycles. The van der Waals surface area contributed by atoms with Crippen LogP contribution in [0.25, 0.3) is 10.2 Å². The van der Waals surface area contributed by atoms with Gasteiger partial charge >= 0.3 is 5.97 Å². The third-order valence-electron chi connectivity index (χ3n) is 4.47. The molecule has 0 saturated carbocycles. The molecule has 31 heavy (non-hydrogen) atoms. The molecule has 0 saturated heterocycles. The zero-order valence-corrected chi connectivity index (χ0v) is 18.8. The molecule has 164 valence electrons. The summed E-state index contributed by atoms with van der Waals surface area (Å²) < 4.78 is 46.0. The van der Waals surface area contributed by atoms with Crippen LogP contribution in [0.15, 0.2) is 52.4 Å². The summed E-state index contributed by atoms with van der Waals surface area (Å²) in [4.78, 5) is 29.0. The topological polar surface area (TPSA) is 94.8 Å². The summed E-state index contributed by atoms with van der Waals surface area (Å²) in [6.07, 6.45) is 0. The minimum absolute atomic E-state index is 0.0188. The van der Waals surface area contributed by atoms with Crippen LogP contribution in [-0.2, 0) is 25.9 Å². The Morgan fingerprint density at radius 2 is 1.90 bits per heavy atom. The first-order chi connectivity index (χ1) is 14.6. The van der Waals surface area contributed by atoms with E-state index >= 15 is 0 Å². The lowest BCUT2D eigenvalue weighted by molar-refractivity contribution is -0.143. The van der Waals surface area contributed by atoms with Gasteiger partial charge in [0, 0.05) is 5.56 Å². The van der Waals surface area contributed by atoms with Crippen LogP contribution in [0.1, 0.15) is 31.1 Å². The molecule has 7 nitrogen and oxygen atoms in total. The molecule has 0 aliphatic heterocycles. The van der Waals surface area contributed by atoms with E-state index in [0.29, 0.717) is 4.70 Å². The summed E-state index contributed by atoms with van der Waals surface area (Å²) in [5, 5.41) is -0.646. The molecule has 3 aromatic rings. The Bertz CT molecular complexity index is 1320. The number of esters is 1. The number of thiazole rings is 1. The van der Waals surface area contributed by atoms with E-state index in [-0.39, 0.29) is 33.9 Å². The SMILES string of the molecule is CCOC(=O)Cn1c(=NC(=O)c2cccc(S(=O)(=O)C(C)C)c2)sc2cccc(F)c21. The summed E-state index contributed by atoms with van der Waals surface area (Å²) in [6.45, 7) is 4.60. The van der Waals surface area contributed by atoms with Crippen molar-refractivity contribution in [3.05, 3.63) is 58.6 Å². The summed E-state index contributed by atoms with van der Waals surface area (Å²) in [6, 6.07) is 10.0. The Labute approximate surface area is 182 Å². The van der Waals surface area contributed by atoms with E-state index in [0.717, 1.165) is 11.3 Å². The van der Waals surface area contributed by atoms with E-state index in [1.54, 1.807) is 26.8 Å². The summed E-state index contributed by atoms with van der Waals surface area (Å²) >= 11 is 1.05. The van der Waals surface area contributed by atoms with Crippen molar-refractivity contribution in [2.24, 2.45) is 4.99 Å². The maximum atomic E-state index is 14.5. The maximum Gasteiger partial charge on any atom is 0.326 e. The van der Waals surface area contributed by atoms with Gasteiger partial charge in [0.25, 0.3) is 5.91 Å². The van der Waals surface area contributed by atoms with Crippen molar-refractivity contribution < 1.29 is 27.1 Å². The Balaban J connectivity index is 2.12. The standard InChI is InChI=1S/C21H21FN2O5S2/c1-4-29-18(25)12-24-19-16(22)9-6-10-17(19)30-21(24)23-20(26)14-7-5-8-15(11-14)31(27,28)13(2)3/h5-11,13H,4,12H2,1-3H3. The molecular formula is C21H21FN2O5S2. The third-order valence-corrected chi connectivity index (χ3v) is 7.67. The van der Waals surface area contributed by atoms with E-state index in [1.807, 2.05) is 0 Å². The molecule has 0 radical (unpaired) electrons. The van der Waals surface area contributed by atoms with Gasteiger partial charge in [0.05, 0.1) is 27.0 Å². The lowest BCUT2D eigenvalue weighted by Crippen LogP contribution is -2.23. The molecule has 1 aromatic heterocycles. The molecule has 0 aliphatic rings. The molecule has 2 aromatic carbocycles. The minimum Gasteiger partial charge on any atom is -0.465 e. The van der Waals surface area contributed by atoms with Gasteiger partial charge in [-0.25, -0.2) is 12.8 Å². The molecule has 0 unspecified atom stereocenters. The van der Waals surface area contributed by atoms with E-state index < -0.39 is 32.8 Å². The molecule has 3 rings (SSSR count). The van der Waals surface area contributed by atoms with Gasteiger partial charge in [-0.2, -0.15) is 4.99 Å². The zero-order chi connectivity index (χ0) is 22.8. The van der Waals surface area contributed by atoms with Crippen LogP contribution in [0, 0.1) is 5.82 Å². The predicted molar refractivity (Wildman–Crippen MR) is 115 cm³/mol. The van der Waals surface area contributed by atoms with Gasteiger partial charge in [-0.05, 0) is 51.1 Å². The average Bonchev–Trinajstić information content (AvgIpc) is 3.06. The second-order valence-corrected chi connectivity index (χ2v) is 10.4. The molecule has 0 atom stereocenters. The van der Waals surface area contributed by atoms with Crippen LogP contribution in [0.4, 0.5) is 4.39 Å². The van der Waals surface area contributed by atoms with Crippen LogP contribution in [-0.4, -0.2) is 36.7 Å². The van der Waals surface area contributed by atoms with Crippen molar-refractivity contribution in [2.75, 3.05) is 6.61 Å². The second kappa shape index (κ2) is 9.11. The van der Waals surface area contributed by atoms with E-state index in [4.69, 9.17) is 4.74 Å². The molecule has 1 amide bonds. The van der Waals surface area contributed by atoms with Crippen LogP contribution in [0.5, 0.6) is 0 Å². The number of hydrogen-bond donors (Lipinski definition) is 0. The predicted octanol–water partition coefficient (Wildman–Crippen LogP) is 3.33. The van der Waals surface area contributed by atoms with Gasteiger partial charge in [-0.1, -0.05) is 23.5 Å². The van der Waals surface area contributed by atoms with Gasteiger partial charge in [0.1, 0.15) is 12.4 Å². The molecule has 0 bridgehead atoms. The molecule has 0 fully saturated rings. The number of hydrogen-bond acceptors (Lipinski definition) is 6. The molecule has 10 heteroatoms. The quantitative estimate of drug-likeness (QED) is 0.522. The lowest BCUT2D eigenvalue weighted by atomic mass is 10.2. The smallest absolute Gasteiger partial charge is 0.326 e. The maximum absolute atomic E-state index is 14.5. The van der Waals surface area contributed by atoms with Gasteiger partial charge in [0.2, 0.25) is 0 Å². The van der Waals surface area contributed by atoms with E-state index in [1.165, 1.54) is 41.0 Å². The molecular weight excluding hydrogens is 443 g/mol. The normalized spacial score (nSPS) is 12.5. The number of rotatable bonds is 6. The highest BCUT2D eigenvalue weighted by atomic mass is 32.2. The highest BCUT2D eigenvalue weighted by molar-refractivity contribution is 7.92. The Kier molecular flexibility index (Phi) is 6.71. The number of fused-ring (bicyclic) bond motifs is 1. The third kappa shape index (κ3) is 4.75. The number of para-hydroxylation sites is 1. The summed E-state index contributed by atoms with van der Waals surface area (Å²) in [5.74, 6) is -1.85. The Morgan fingerprint density at radius 1 is 1.19 bits per heavy atom. The van der Waals surface area contributed by atoms with Crippen molar-refractivity contribution in [2.45, 2.75) is 37.5 Å². The fourth-order valence-corrected chi connectivity index (χ4v) is 5.03. The number of sulfone groups is 1. The fraction of sp³-hybridized carbons (Fsp3) is 0.286. The number of amides is 1. The summed E-state index contributed by atoms with van der Waals surface area (Å²) in [5.41, 5.74) is 0.213.